The fourth-order valence-corrected chi connectivity index (χ4v) is 2.60. The number of rotatable bonds is 6. The van der Waals surface area contributed by atoms with Crippen molar-refractivity contribution >= 4 is 18.3 Å². The summed E-state index contributed by atoms with van der Waals surface area (Å²) in [5.41, 5.74) is 2.73. The van der Waals surface area contributed by atoms with Crippen LogP contribution in [0.4, 0.5) is 0 Å². The minimum Gasteiger partial charge on any atom is -0.355 e. The van der Waals surface area contributed by atoms with E-state index in [2.05, 4.69) is 48.7 Å². The lowest BCUT2D eigenvalue weighted by atomic mass is 10.0. The zero-order valence-electron chi connectivity index (χ0n) is 13.0. The third-order valence-electron chi connectivity index (χ3n) is 3.96. The first-order valence-electron chi connectivity index (χ1n) is 7.77. The largest absolute Gasteiger partial charge is 0.355 e. The van der Waals surface area contributed by atoms with Crippen LogP contribution >= 0.6 is 12.4 Å². The molecule has 1 amide bonds. The molecule has 0 saturated carbocycles. The van der Waals surface area contributed by atoms with Gasteiger partial charge in [0.05, 0.1) is 6.04 Å². The molecule has 4 heteroatoms. The van der Waals surface area contributed by atoms with Crippen molar-refractivity contribution in [1.82, 2.24) is 10.6 Å². The molecule has 1 aromatic rings. The van der Waals surface area contributed by atoms with E-state index >= 15 is 0 Å². The minimum absolute atomic E-state index is 0. The van der Waals surface area contributed by atoms with Crippen molar-refractivity contribution in [2.45, 2.75) is 51.5 Å². The van der Waals surface area contributed by atoms with Crippen LogP contribution < -0.4 is 10.6 Å². The van der Waals surface area contributed by atoms with Crippen molar-refractivity contribution in [3.63, 3.8) is 0 Å². The van der Waals surface area contributed by atoms with E-state index in [0.29, 0.717) is 5.92 Å². The highest BCUT2D eigenvalue weighted by Crippen LogP contribution is 2.15. The average Bonchev–Trinajstić information content (AvgIpc) is 2.98. The zero-order valence-corrected chi connectivity index (χ0v) is 13.8. The molecule has 1 aliphatic heterocycles. The normalized spacial score (nSPS) is 17.6. The molecule has 2 rings (SSSR count). The van der Waals surface area contributed by atoms with Crippen molar-refractivity contribution in [3.05, 3.63) is 35.4 Å². The van der Waals surface area contributed by atoms with Crippen LogP contribution in [0.25, 0.3) is 0 Å². The van der Waals surface area contributed by atoms with Crippen molar-refractivity contribution in [3.8, 4) is 0 Å². The number of amides is 1. The Morgan fingerprint density at radius 2 is 2.05 bits per heavy atom. The first-order chi connectivity index (χ1) is 9.66. The first-order valence-corrected chi connectivity index (χ1v) is 7.77. The van der Waals surface area contributed by atoms with Gasteiger partial charge in [-0.05, 0) is 49.3 Å². The van der Waals surface area contributed by atoms with E-state index in [1.165, 1.54) is 11.1 Å². The molecule has 0 radical (unpaired) electrons. The van der Waals surface area contributed by atoms with E-state index in [1.54, 1.807) is 0 Å². The van der Waals surface area contributed by atoms with Crippen LogP contribution in [0.2, 0.25) is 0 Å². The molecule has 1 atom stereocenters. The number of halogens is 1. The number of carbonyl (C=O) groups is 1. The Kier molecular flexibility index (Phi) is 7.76. The molecule has 1 heterocycles. The summed E-state index contributed by atoms with van der Waals surface area (Å²) in [7, 11) is 0. The summed E-state index contributed by atoms with van der Waals surface area (Å²) in [5.74, 6) is 0.750. The third-order valence-corrected chi connectivity index (χ3v) is 3.96. The molecule has 0 aromatic heterocycles. The lowest BCUT2D eigenvalue weighted by Gasteiger charge is -2.11. The van der Waals surface area contributed by atoms with Crippen LogP contribution in [-0.2, 0) is 11.2 Å². The topological polar surface area (TPSA) is 41.1 Å². The summed E-state index contributed by atoms with van der Waals surface area (Å²) in [6.45, 7) is 6.16. The fourth-order valence-electron chi connectivity index (χ4n) is 2.60. The lowest BCUT2D eigenvalue weighted by Crippen LogP contribution is -2.40. The number of hydrogen-bond acceptors (Lipinski definition) is 2. The van der Waals surface area contributed by atoms with Gasteiger partial charge in [-0.15, -0.1) is 12.4 Å². The van der Waals surface area contributed by atoms with Gasteiger partial charge >= 0.3 is 0 Å². The summed E-state index contributed by atoms with van der Waals surface area (Å²) in [6, 6.07) is 8.87. The maximum atomic E-state index is 11.8. The highest BCUT2D eigenvalue weighted by atomic mass is 35.5. The van der Waals surface area contributed by atoms with Gasteiger partial charge in [0.25, 0.3) is 0 Å². The van der Waals surface area contributed by atoms with E-state index in [9.17, 15) is 4.79 Å². The molecule has 2 N–H and O–H groups in total. The predicted octanol–water partition coefficient (Wildman–Crippen LogP) is 3.03. The smallest absolute Gasteiger partial charge is 0.237 e. The fraction of sp³-hybridized carbons (Fsp3) is 0.588. The van der Waals surface area contributed by atoms with Crippen LogP contribution in [0.3, 0.4) is 0 Å². The Bertz CT molecular complexity index is 425. The SMILES string of the molecule is CC(C)c1ccc(CCCNC(=O)C2CCCN2)cc1.Cl. The lowest BCUT2D eigenvalue weighted by molar-refractivity contribution is -0.122. The van der Waals surface area contributed by atoms with Gasteiger partial charge < -0.3 is 10.6 Å². The molecule has 118 valence electrons. The van der Waals surface area contributed by atoms with Gasteiger partial charge in [-0.2, -0.15) is 0 Å². The molecular weight excluding hydrogens is 284 g/mol. The van der Waals surface area contributed by atoms with Gasteiger partial charge in [0.2, 0.25) is 5.91 Å². The molecular formula is C17H27ClN2O. The van der Waals surface area contributed by atoms with Gasteiger partial charge in [-0.3, -0.25) is 4.79 Å². The molecule has 0 spiro atoms. The monoisotopic (exact) mass is 310 g/mol. The van der Waals surface area contributed by atoms with Crippen molar-refractivity contribution < 1.29 is 4.79 Å². The Morgan fingerprint density at radius 1 is 1.33 bits per heavy atom. The maximum absolute atomic E-state index is 11.8. The molecule has 1 saturated heterocycles. The Labute approximate surface area is 134 Å². The highest BCUT2D eigenvalue weighted by Gasteiger charge is 2.20. The molecule has 1 aromatic carbocycles. The molecule has 1 fully saturated rings. The quantitative estimate of drug-likeness (QED) is 0.793. The maximum Gasteiger partial charge on any atom is 0.237 e. The second-order valence-corrected chi connectivity index (χ2v) is 5.94. The minimum atomic E-state index is 0. The van der Waals surface area contributed by atoms with Gasteiger partial charge in [-0.1, -0.05) is 38.1 Å². The van der Waals surface area contributed by atoms with Crippen LogP contribution in [0.1, 0.15) is 50.2 Å². The van der Waals surface area contributed by atoms with Gasteiger partial charge in [-0.25, -0.2) is 0 Å². The zero-order chi connectivity index (χ0) is 14.4. The summed E-state index contributed by atoms with van der Waals surface area (Å²) >= 11 is 0. The first kappa shape index (κ1) is 18.0. The average molecular weight is 311 g/mol. The summed E-state index contributed by atoms with van der Waals surface area (Å²) in [6.07, 6.45) is 4.11. The molecule has 0 bridgehead atoms. The van der Waals surface area contributed by atoms with Gasteiger partial charge in [0.1, 0.15) is 0 Å². The third kappa shape index (κ3) is 5.68. The Hall–Kier alpha value is -1.06. The summed E-state index contributed by atoms with van der Waals surface area (Å²) in [4.78, 5) is 11.8. The van der Waals surface area contributed by atoms with Crippen molar-refractivity contribution in [1.29, 1.82) is 0 Å². The number of carbonyl (C=O) groups excluding carboxylic acids is 1. The number of nitrogens with one attached hydrogen (secondary N) is 2. The summed E-state index contributed by atoms with van der Waals surface area (Å²) in [5, 5.41) is 6.24. The standard InChI is InChI=1S/C17H26N2O.ClH/c1-13(2)15-9-7-14(8-10-15)5-3-12-19-17(20)16-6-4-11-18-16;/h7-10,13,16,18H,3-6,11-12H2,1-2H3,(H,19,20);1H. The van der Waals surface area contributed by atoms with E-state index in [0.717, 1.165) is 38.8 Å². The van der Waals surface area contributed by atoms with Crippen LogP contribution in [0, 0.1) is 0 Å². The second-order valence-electron chi connectivity index (χ2n) is 5.94. The van der Waals surface area contributed by atoms with Gasteiger partial charge in [0, 0.05) is 6.54 Å². The van der Waals surface area contributed by atoms with Crippen molar-refractivity contribution in [2.75, 3.05) is 13.1 Å². The molecule has 1 unspecified atom stereocenters. The number of benzene rings is 1. The number of hydrogen-bond donors (Lipinski definition) is 2. The Morgan fingerprint density at radius 3 is 2.62 bits per heavy atom. The van der Waals surface area contributed by atoms with Crippen LogP contribution in [-0.4, -0.2) is 25.0 Å². The van der Waals surface area contributed by atoms with E-state index in [4.69, 9.17) is 0 Å². The molecule has 0 aliphatic carbocycles. The van der Waals surface area contributed by atoms with E-state index < -0.39 is 0 Å². The van der Waals surface area contributed by atoms with E-state index in [1.807, 2.05) is 0 Å². The molecule has 21 heavy (non-hydrogen) atoms. The highest BCUT2D eigenvalue weighted by molar-refractivity contribution is 5.85. The van der Waals surface area contributed by atoms with Gasteiger partial charge in [0.15, 0.2) is 0 Å². The van der Waals surface area contributed by atoms with Crippen molar-refractivity contribution in [2.24, 2.45) is 0 Å². The summed E-state index contributed by atoms with van der Waals surface area (Å²) < 4.78 is 0. The Balaban J connectivity index is 0.00000220. The number of aryl methyl sites for hydroxylation is 1. The predicted molar refractivity (Wildman–Crippen MR) is 90.1 cm³/mol. The van der Waals surface area contributed by atoms with Crippen LogP contribution in [0.5, 0.6) is 0 Å². The molecule has 3 nitrogen and oxygen atoms in total. The molecule has 1 aliphatic rings. The van der Waals surface area contributed by atoms with E-state index in [-0.39, 0.29) is 24.4 Å². The van der Waals surface area contributed by atoms with Crippen LogP contribution in [0.15, 0.2) is 24.3 Å². The second kappa shape index (κ2) is 9.06.